The summed E-state index contributed by atoms with van der Waals surface area (Å²) in [6, 6.07) is 0.949. The van der Waals surface area contributed by atoms with Crippen LogP contribution >= 0.6 is 0 Å². The third-order valence-corrected chi connectivity index (χ3v) is 4.61. The zero-order chi connectivity index (χ0) is 20.9. The fourth-order valence-corrected chi connectivity index (χ4v) is 3.35. The highest BCUT2D eigenvalue weighted by molar-refractivity contribution is 5.31. The zero-order valence-corrected chi connectivity index (χ0v) is 15.2. The van der Waals surface area contributed by atoms with E-state index in [1.807, 2.05) is 13.0 Å². The van der Waals surface area contributed by atoms with Gasteiger partial charge < -0.3 is 9.47 Å². The van der Waals surface area contributed by atoms with Crippen LogP contribution in [-0.4, -0.2) is 12.5 Å². The molecule has 9 heteroatoms. The molecule has 1 aliphatic carbocycles. The molecule has 1 saturated carbocycles. The average Bonchev–Trinajstić information content (AvgIpc) is 2.57. The number of benzene rings is 1. The summed E-state index contributed by atoms with van der Waals surface area (Å²) in [5, 5.41) is 0. The lowest BCUT2D eigenvalue weighted by Crippen LogP contribution is -2.27. The van der Waals surface area contributed by atoms with Crippen molar-refractivity contribution in [3.05, 3.63) is 41.5 Å². The predicted octanol–water partition coefficient (Wildman–Crippen LogP) is 6.75. The SMILES string of the molecule is CC=C[C@H]1CC[C@H](CC(F)(F)OCc2cc(F)c(OC(F)(F)F)c(F)c2)CC1. The van der Waals surface area contributed by atoms with E-state index in [0.717, 1.165) is 12.8 Å². The molecule has 158 valence electrons. The van der Waals surface area contributed by atoms with E-state index in [1.165, 1.54) is 0 Å². The molecular formula is C19H21F7O2. The summed E-state index contributed by atoms with van der Waals surface area (Å²) in [6.07, 6.45) is -2.45. The van der Waals surface area contributed by atoms with E-state index in [9.17, 15) is 30.7 Å². The van der Waals surface area contributed by atoms with Gasteiger partial charge in [0.15, 0.2) is 11.6 Å². The number of hydrogen-bond acceptors (Lipinski definition) is 2. The van der Waals surface area contributed by atoms with Crippen LogP contribution in [-0.2, 0) is 11.3 Å². The van der Waals surface area contributed by atoms with Crippen molar-refractivity contribution in [2.24, 2.45) is 11.8 Å². The van der Waals surface area contributed by atoms with Crippen molar-refractivity contribution >= 4 is 0 Å². The van der Waals surface area contributed by atoms with Crippen LogP contribution < -0.4 is 4.74 Å². The second-order valence-electron chi connectivity index (χ2n) is 6.87. The van der Waals surface area contributed by atoms with E-state index in [0.29, 0.717) is 30.9 Å². The minimum absolute atomic E-state index is 0.229. The second-order valence-corrected chi connectivity index (χ2v) is 6.87. The number of allylic oxidation sites excluding steroid dienone is 2. The molecule has 1 fully saturated rings. The third kappa shape index (κ3) is 7.00. The fraction of sp³-hybridized carbons (Fsp3) is 0.579. The van der Waals surface area contributed by atoms with Crippen molar-refractivity contribution in [2.75, 3.05) is 0 Å². The van der Waals surface area contributed by atoms with E-state index in [2.05, 4.69) is 15.5 Å². The summed E-state index contributed by atoms with van der Waals surface area (Å²) < 4.78 is 99.4. The Morgan fingerprint density at radius 2 is 1.57 bits per heavy atom. The average molecular weight is 414 g/mol. The van der Waals surface area contributed by atoms with Crippen LogP contribution in [0.5, 0.6) is 5.75 Å². The molecule has 1 aliphatic rings. The third-order valence-electron chi connectivity index (χ3n) is 4.61. The van der Waals surface area contributed by atoms with Gasteiger partial charge in [-0.3, -0.25) is 0 Å². The maximum absolute atomic E-state index is 14.0. The number of halogens is 7. The van der Waals surface area contributed by atoms with Crippen LogP contribution in [0.4, 0.5) is 30.7 Å². The van der Waals surface area contributed by atoms with Gasteiger partial charge in [-0.1, -0.05) is 12.2 Å². The van der Waals surface area contributed by atoms with E-state index < -0.39 is 42.9 Å². The first-order valence-electron chi connectivity index (χ1n) is 8.87. The molecule has 2 nitrogen and oxygen atoms in total. The van der Waals surface area contributed by atoms with E-state index in [-0.39, 0.29) is 11.5 Å². The van der Waals surface area contributed by atoms with Crippen molar-refractivity contribution in [3.8, 4) is 5.75 Å². The van der Waals surface area contributed by atoms with Gasteiger partial charge in [-0.15, -0.1) is 13.2 Å². The Morgan fingerprint density at radius 1 is 1.00 bits per heavy atom. The molecule has 0 amide bonds. The molecule has 0 aromatic heterocycles. The van der Waals surface area contributed by atoms with Crippen molar-refractivity contribution in [2.45, 2.75) is 58.1 Å². The van der Waals surface area contributed by atoms with Crippen molar-refractivity contribution in [3.63, 3.8) is 0 Å². The minimum atomic E-state index is -5.28. The highest BCUT2D eigenvalue weighted by Gasteiger charge is 2.36. The second kappa shape index (κ2) is 9.15. The van der Waals surface area contributed by atoms with Gasteiger partial charge >= 0.3 is 12.5 Å². The first-order valence-corrected chi connectivity index (χ1v) is 8.87. The quantitative estimate of drug-likeness (QED) is 0.363. The summed E-state index contributed by atoms with van der Waals surface area (Å²) in [5.41, 5.74) is -0.360. The molecular weight excluding hydrogens is 393 g/mol. The van der Waals surface area contributed by atoms with Crippen molar-refractivity contribution < 1.29 is 40.2 Å². The summed E-state index contributed by atoms with van der Waals surface area (Å²) in [6.45, 7) is 1.06. The Hall–Kier alpha value is -1.77. The maximum atomic E-state index is 14.0. The molecule has 0 N–H and O–H groups in total. The summed E-state index contributed by atoms with van der Waals surface area (Å²) in [7, 11) is 0. The zero-order valence-electron chi connectivity index (χ0n) is 15.2. The van der Waals surface area contributed by atoms with Crippen LogP contribution in [0, 0.1) is 23.5 Å². The minimum Gasteiger partial charge on any atom is -0.399 e. The van der Waals surface area contributed by atoms with E-state index >= 15 is 0 Å². The van der Waals surface area contributed by atoms with Gasteiger partial charge in [-0.25, -0.2) is 8.78 Å². The highest BCUT2D eigenvalue weighted by Crippen LogP contribution is 2.37. The smallest absolute Gasteiger partial charge is 0.399 e. The number of alkyl halides is 5. The molecule has 0 spiro atoms. The molecule has 0 saturated heterocycles. The Morgan fingerprint density at radius 3 is 2.07 bits per heavy atom. The van der Waals surface area contributed by atoms with Gasteiger partial charge in [0.1, 0.15) is 0 Å². The normalized spacial score (nSPS) is 21.3. The Balaban J connectivity index is 1.92. The molecule has 0 unspecified atom stereocenters. The van der Waals surface area contributed by atoms with Crippen molar-refractivity contribution in [1.29, 1.82) is 0 Å². The van der Waals surface area contributed by atoms with E-state index in [1.54, 1.807) is 0 Å². The topological polar surface area (TPSA) is 18.5 Å². The monoisotopic (exact) mass is 414 g/mol. The van der Waals surface area contributed by atoms with E-state index in [4.69, 9.17) is 0 Å². The number of rotatable bonds is 7. The van der Waals surface area contributed by atoms with Crippen LogP contribution in [0.25, 0.3) is 0 Å². The van der Waals surface area contributed by atoms with Gasteiger partial charge in [0, 0.05) is 6.42 Å². The van der Waals surface area contributed by atoms with Crippen LogP contribution in [0.2, 0.25) is 0 Å². The summed E-state index contributed by atoms with van der Waals surface area (Å²) in [4.78, 5) is 0. The Kier molecular flexibility index (Phi) is 7.36. The van der Waals surface area contributed by atoms with Gasteiger partial charge in [-0.2, -0.15) is 8.78 Å². The number of hydrogen-bond donors (Lipinski definition) is 0. The Bertz CT molecular complexity index is 654. The standard InChI is InChI=1S/C19H21F7O2/c1-2-3-12-4-6-13(7-5-12)10-18(22,23)27-11-14-8-15(20)17(16(21)9-14)28-19(24,25)26/h2-3,8-9,12-13H,4-7,10-11H2,1H3/t12-,13-. The molecule has 28 heavy (non-hydrogen) atoms. The molecule has 0 aliphatic heterocycles. The summed E-state index contributed by atoms with van der Waals surface area (Å²) in [5.74, 6) is -4.78. The first-order chi connectivity index (χ1) is 13.0. The molecule has 1 aromatic carbocycles. The molecule has 0 heterocycles. The van der Waals surface area contributed by atoms with Crippen LogP contribution in [0.15, 0.2) is 24.3 Å². The summed E-state index contributed by atoms with van der Waals surface area (Å²) >= 11 is 0. The molecule has 1 aromatic rings. The predicted molar refractivity (Wildman–Crippen MR) is 87.7 cm³/mol. The number of ether oxygens (including phenoxy) is 2. The molecule has 0 atom stereocenters. The van der Waals surface area contributed by atoms with Crippen LogP contribution in [0.3, 0.4) is 0 Å². The molecule has 0 radical (unpaired) electrons. The lowest BCUT2D eigenvalue weighted by atomic mass is 9.80. The maximum Gasteiger partial charge on any atom is 0.573 e. The molecule has 2 rings (SSSR count). The highest BCUT2D eigenvalue weighted by atomic mass is 19.4. The van der Waals surface area contributed by atoms with Gasteiger partial charge in [0.05, 0.1) is 6.61 Å². The van der Waals surface area contributed by atoms with Gasteiger partial charge in [0.2, 0.25) is 5.75 Å². The molecule has 0 bridgehead atoms. The first kappa shape index (κ1) is 22.5. The fourth-order valence-electron chi connectivity index (χ4n) is 3.35. The lowest BCUT2D eigenvalue weighted by Gasteiger charge is -2.29. The Labute approximate surface area is 158 Å². The van der Waals surface area contributed by atoms with Gasteiger partial charge in [0.25, 0.3) is 0 Å². The van der Waals surface area contributed by atoms with Crippen LogP contribution in [0.1, 0.15) is 44.6 Å². The van der Waals surface area contributed by atoms with Crippen molar-refractivity contribution in [1.82, 2.24) is 0 Å². The lowest BCUT2D eigenvalue weighted by molar-refractivity contribution is -0.276. The van der Waals surface area contributed by atoms with Gasteiger partial charge in [-0.05, 0) is 62.1 Å². The largest absolute Gasteiger partial charge is 0.573 e.